The van der Waals surface area contributed by atoms with Crippen LogP contribution in [0.1, 0.15) is 34.3 Å². The molecule has 0 unspecified atom stereocenters. The topological polar surface area (TPSA) is 79.9 Å². The van der Waals surface area contributed by atoms with Crippen molar-refractivity contribution in [3.05, 3.63) is 39.5 Å². The highest BCUT2D eigenvalue weighted by atomic mass is 32.1. The van der Waals surface area contributed by atoms with Crippen LogP contribution in [-0.4, -0.2) is 27.7 Å². The lowest BCUT2D eigenvalue weighted by Crippen LogP contribution is -2.14. The fourth-order valence-electron chi connectivity index (χ4n) is 2.80. The maximum atomic E-state index is 12.4. The summed E-state index contributed by atoms with van der Waals surface area (Å²) in [7, 11) is 0. The number of H-pyrrole nitrogens is 1. The molecule has 3 rings (SSSR count). The van der Waals surface area contributed by atoms with Crippen molar-refractivity contribution in [2.75, 3.05) is 11.9 Å². The van der Waals surface area contributed by atoms with Crippen LogP contribution in [-0.2, 0) is 22.6 Å². The van der Waals surface area contributed by atoms with Gasteiger partial charge in [0.1, 0.15) is 11.6 Å². The van der Waals surface area contributed by atoms with Crippen LogP contribution in [0.3, 0.4) is 0 Å². The van der Waals surface area contributed by atoms with Gasteiger partial charge < -0.3 is 15.0 Å². The van der Waals surface area contributed by atoms with E-state index in [0.29, 0.717) is 24.8 Å². The van der Waals surface area contributed by atoms with E-state index in [2.05, 4.69) is 46.5 Å². The van der Waals surface area contributed by atoms with Gasteiger partial charge in [0.05, 0.1) is 6.42 Å². The van der Waals surface area contributed by atoms with Crippen LogP contribution in [0.15, 0.2) is 12.1 Å². The number of aromatic amines is 1. The third-order valence-corrected chi connectivity index (χ3v) is 5.12. The zero-order valence-corrected chi connectivity index (χ0v) is 15.7. The van der Waals surface area contributed by atoms with E-state index < -0.39 is 0 Å². The number of hydrogen-bond donors (Lipinski definition) is 2. The van der Waals surface area contributed by atoms with Crippen molar-refractivity contribution in [1.29, 1.82) is 0 Å². The Labute approximate surface area is 150 Å². The number of anilines is 1. The molecular formula is C18H22N4O2S. The van der Waals surface area contributed by atoms with Crippen LogP contribution in [0.4, 0.5) is 5.13 Å². The van der Waals surface area contributed by atoms with E-state index >= 15 is 0 Å². The molecule has 0 aliphatic heterocycles. The predicted octanol–water partition coefficient (Wildman–Crippen LogP) is 3.66. The van der Waals surface area contributed by atoms with E-state index in [4.69, 9.17) is 4.74 Å². The first-order valence-electron chi connectivity index (χ1n) is 8.27. The number of benzene rings is 1. The van der Waals surface area contributed by atoms with Gasteiger partial charge in [0, 0.05) is 23.2 Å². The van der Waals surface area contributed by atoms with Crippen molar-refractivity contribution < 1.29 is 9.53 Å². The van der Waals surface area contributed by atoms with Gasteiger partial charge in [-0.2, -0.15) is 0 Å². The number of hydrogen-bond acceptors (Lipinski definition) is 5. The molecular weight excluding hydrogens is 336 g/mol. The molecule has 7 heteroatoms. The Morgan fingerprint density at radius 1 is 1.28 bits per heavy atom. The quantitative estimate of drug-likeness (QED) is 0.705. The third kappa shape index (κ3) is 3.72. The van der Waals surface area contributed by atoms with E-state index in [9.17, 15) is 4.79 Å². The van der Waals surface area contributed by atoms with Gasteiger partial charge in [-0.25, -0.2) is 0 Å². The van der Waals surface area contributed by atoms with Crippen LogP contribution in [0.25, 0.3) is 10.9 Å². The molecule has 0 bridgehead atoms. The summed E-state index contributed by atoms with van der Waals surface area (Å²) in [6.45, 7) is 9.16. The second kappa shape index (κ2) is 7.33. The standard InChI is InChI=1S/C18H22N4O2S/c1-5-24-9-16-21-22-18(25-16)20-15(23)8-14-12(4)19-17-11(3)10(2)6-7-13(14)17/h6-7,19H,5,8-9H2,1-4H3,(H,20,22,23). The Balaban J connectivity index is 1.75. The molecule has 0 fully saturated rings. The Kier molecular flexibility index (Phi) is 5.15. The summed E-state index contributed by atoms with van der Waals surface area (Å²) in [5, 5.41) is 13.2. The highest BCUT2D eigenvalue weighted by Gasteiger charge is 2.15. The smallest absolute Gasteiger partial charge is 0.230 e. The predicted molar refractivity (Wildman–Crippen MR) is 100 cm³/mol. The summed E-state index contributed by atoms with van der Waals surface area (Å²) in [4.78, 5) is 15.8. The van der Waals surface area contributed by atoms with Gasteiger partial charge >= 0.3 is 0 Å². The van der Waals surface area contributed by atoms with E-state index in [1.807, 2.05) is 13.8 Å². The number of carbonyl (C=O) groups is 1. The third-order valence-electron chi connectivity index (χ3n) is 4.31. The van der Waals surface area contributed by atoms with Crippen molar-refractivity contribution in [2.45, 2.75) is 40.7 Å². The number of aromatic nitrogens is 3. The minimum absolute atomic E-state index is 0.0960. The lowest BCUT2D eigenvalue weighted by Gasteiger charge is -2.04. The summed E-state index contributed by atoms with van der Waals surface area (Å²) in [5.74, 6) is -0.0960. The molecule has 2 heterocycles. The van der Waals surface area contributed by atoms with Crippen LogP contribution in [0, 0.1) is 20.8 Å². The van der Waals surface area contributed by atoms with Gasteiger partial charge in [0.2, 0.25) is 11.0 Å². The second-order valence-corrected chi connectivity index (χ2v) is 7.08. The van der Waals surface area contributed by atoms with Crippen molar-refractivity contribution in [3.8, 4) is 0 Å². The molecule has 0 aliphatic carbocycles. The molecule has 0 radical (unpaired) electrons. The first-order chi connectivity index (χ1) is 12.0. The summed E-state index contributed by atoms with van der Waals surface area (Å²) in [6, 6.07) is 4.17. The monoisotopic (exact) mass is 358 g/mol. The van der Waals surface area contributed by atoms with Gasteiger partial charge in [0.25, 0.3) is 0 Å². The van der Waals surface area contributed by atoms with Gasteiger partial charge in [0.15, 0.2) is 0 Å². The molecule has 0 atom stereocenters. The average Bonchev–Trinajstić information content (AvgIpc) is 3.14. The van der Waals surface area contributed by atoms with E-state index in [0.717, 1.165) is 27.2 Å². The molecule has 1 aromatic carbocycles. The summed E-state index contributed by atoms with van der Waals surface area (Å²) in [6.07, 6.45) is 0.300. The number of nitrogens with one attached hydrogen (secondary N) is 2. The summed E-state index contributed by atoms with van der Waals surface area (Å²) < 4.78 is 5.30. The van der Waals surface area contributed by atoms with Crippen LogP contribution in [0.5, 0.6) is 0 Å². The molecule has 3 aromatic rings. The molecule has 2 aromatic heterocycles. The lowest BCUT2D eigenvalue weighted by molar-refractivity contribution is -0.115. The Bertz CT molecular complexity index is 913. The fraction of sp³-hybridized carbons (Fsp3) is 0.389. The van der Waals surface area contributed by atoms with Crippen LogP contribution < -0.4 is 5.32 Å². The molecule has 2 N–H and O–H groups in total. The Morgan fingerprint density at radius 3 is 2.84 bits per heavy atom. The number of aryl methyl sites for hydroxylation is 3. The highest BCUT2D eigenvalue weighted by Crippen LogP contribution is 2.27. The Hall–Kier alpha value is -2.25. The first kappa shape index (κ1) is 17.6. The molecule has 25 heavy (non-hydrogen) atoms. The lowest BCUT2D eigenvalue weighted by atomic mass is 10.0. The highest BCUT2D eigenvalue weighted by molar-refractivity contribution is 7.15. The number of amides is 1. The molecule has 6 nitrogen and oxygen atoms in total. The van der Waals surface area contributed by atoms with Gasteiger partial charge in [-0.3, -0.25) is 4.79 Å². The summed E-state index contributed by atoms with van der Waals surface area (Å²) in [5.41, 5.74) is 5.61. The largest absolute Gasteiger partial charge is 0.374 e. The zero-order chi connectivity index (χ0) is 18.0. The minimum Gasteiger partial charge on any atom is -0.374 e. The maximum absolute atomic E-state index is 12.4. The average molecular weight is 358 g/mol. The van der Waals surface area contributed by atoms with Gasteiger partial charge in [-0.1, -0.05) is 23.5 Å². The van der Waals surface area contributed by atoms with E-state index in [-0.39, 0.29) is 5.91 Å². The van der Waals surface area contributed by atoms with Crippen molar-refractivity contribution in [2.24, 2.45) is 0 Å². The first-order valence-corrected chi connectivity index (χ1v) is 9.08. The van der Waals surface area contributed by atoms with E-state index in [1.165, 1.54) is 22.5 Å². The molecule has 1 amide bonds. The van der Waals surface area contributed by atoms with Crippen molar-refractivity contribution in [1.82, 2.24) is 15.2 Å². The number of nitrogens with zero attached hydrogens (tertiary/aromatic N) is 2. The van der Waals surface area contributed by atoms with Gasteiger partial charge in [-0.15, -0.1) is 10.2 Å². The minimum atomic E-state index is -0.0960. The van der Waals surface area contributed by atoms with Crippen LogP contribution in [0.2, 0.25) is 0 Å². The summed E-state index contributed by atoms with van der Waals surface area (Å²) >= 11 is 1.34. The van der Waals surface area contributed by atoms with Crippen molar-refractivity contribution in [3.63, 3.8) is 0 Å². The SMILES string of the molecule is CCOCc1nnc(NC(=O)Cc2c(C)[nH]c3c(C)c(C)ccc23)s1. The second-order valence-electron chi connectivity index (χ2n) is 6.02. The molecule has 0 aliphatic rings. The van der Waals surface area contributed by atoms with Crippen LogP contribution >= 0.6 is 11.3 Å². The number of fused-ring (bicyclic) bond motifs is 1. The number of carbonyl (C=O) groups excluding carboxylic acids is 1. The zero-order valence-electron chi connectivity index (χ0n) is 14.9. The number of ether oxygens (including phenoxy) is 1. The maximum Gasteiger partial charge on any atom is 0.230 e. The molecule has 0 spiro atoms. The molecule has 132 valence electrons. The molecule has 0 saturated carbocycles. The molecule has 0 saturated heterocycles. The Morgan fingerprint density at radius 2 is 2.08 bits per heavy atom. The van der Waals surface area contributed by atoms with Crippen molar-refractivity contribution >= 4 is 33.3 Å². The van der Waals surface area contributed by atoms with E-state index in [1.54, 1.807) is 0 Å². The number of rotatable bonds is 6. The normalized spacial score (nSPS) is 11.2. The fourth-order valence-corrected chi connectivity index (χ4v) is 3.49. The van der Waals surface area contributed by atoms with Gasteiger partial charge in [-0.05, 0) is 44.4 Å².